The van der Waals surface area contributed by atoms with Crippen molar-refractivity contribution in [2.24, 2.45) is 0 Å². The average Bonchev–Trinajstić information content (AvgIpc) is 3.01. The zero-order chi connectivity index (χ0) is 13.5. The van der Waals surface area contributed by atoms with Crippen molar-refractivity contribution in [1.29, 1.82) is 0 Å². The third kappa shape index (κ3) is 4.38. The van der Waals surface area contributed by atoms with E-state index in [0.29, 0.717) is 31.6 Å². The molecule has 0 saturated carbocycles. The van der Waals surface area contributed by atoms with Crippen LogP contribution in [0.3, 0.4) is 0 Å². The number of hydrogen-bond donors (Lipinski definition) is 2. The first kappa shape index (κ1) is 13.6. The van der Waals surface area contributed by atoms with Gasteiger partial charge in [-0.05, 0) is 19.1 Å². The van der Waals surface area contributed by atoms with Crippen molar-refractivity contribution in [3.63, 3.8) is 0 Å². The van der Waals surface area contributed by atoms with E-state index in [9.17, 15) is 0 Å². The van der Waals surface area contributed by atoms with Gasteiger partial charge in [-0.3, -0.25) is 0 Å². The third-order valence-electron chi connectivity index (χ3n) is 2.44. The van der Waals surface area contributed by atoms with Gasteiger partial charge in [-0.2, -0.15) is 0 Å². The lowest BCUT2D eigenvalue weighted by Crippen LogP contribution is -2.18. The Hall–Kier alpha value is -1.86. The second-order valence-corrected chi connectivity index (χ2v) is 4.04. The molecule has 0 radical (unpaired) electrons. The van der Waals surface area contributed by atoms with Crippen molar-refractivity contribution in [3.05, 3.63) is 29.5 Å². The minimum absolute atomic E-state index is 0.387. The van der Waals surface area contributed by atoms with Crippen LogP contribution >= 0.6 is 0 Å². The highest BCUT2D eigenvalue weighted by molar-refractivity contribution is 5.19. The fourth-order valence-corrected chi connectivity index (χ4v) is 1.51. The first-order valence-corrected chi connectivity index (χ1v) is 6.09. The fraction of sp³-hybridized carbons (Fsp3) is 0.500. The molecule has 2 heterocycles. The zero-order valence-electron chi connectivity index (χ0n) is 11.1. The molecule has 7 nitrogen and oxygen atoms in total. The molecule has 0 fully saturated rings. The molecule has 104 valence electrons. The van der Waals surface area contributed by atoms with Gasteiger partial charge < -0.3 is 24.2 Å². The molecule has 0 amide bonds. The minimum Gasteiger partial charge on any atom is -0.465 e. The van der Waals surface area contributed by atoms with Crippen LogP contribution in [0.15, 0.2) is 21.0 Å². The molecule has 0 unspecified atom stereocenters. The van der Waals surface area contributed by atoms with Gasteiger partial charge in [0.2, 0.25) is 5.89 Å². The van der Waals surface area contributed by atoms with Gasteiger partial charge in [0, 0.05) is 13.7 Å². The largest absolute Gasteiger partial charge is 0.465 e. The number of nitrogens with one attached hydrogen (secondary N) is 2. The summed E-state index contributed by atoms with van der Waals surface area (Å²) < 4.78 is 15.8. The Labute approximate surface area is 111 Å². The summed E-state index contributed by atoms with van der Waals surface area (Å²) in [5, 5.41) is 13.9. The highest BCUT2D eigenvalue weighted by atomic mass is 16.5. The van der Waals surface area contributed by atoms with Crippen LogP contribution in [-0.2, 0) is 17.8 Å². The van der Waals surface area contributed by atoms with Crippen molar-refractivity contribution in [3.8, 4) is 0 Å². The minimum atomic E-state index is 0.387. The summed E-state index contributed by atoms with van der Waals surface area (Å²) in [5.74, 6) is 2.25. The second-order valence-electron chi connectivity index (χ2n) is 4.04. The lowest BCUT2D eigenvalue weighted by Gasteiger charge is -1.99. The Balaban J connectivity index is 1.74. The Bertz CT molecular complexity index is 495. The molecule has 0 aliphatic carbocycles. The van der Waals surface area contributed by atoms with Crippen molar-refractivity contribution < 1.29 is 13.6 Å². The van der Waals surface area contributed by atoms with Gasteiger partial charge in [-0.15, -0.1) is 5.10 Å². The highest BCUT2D eigenvalue weighted by Crippen LogP contribution is 2.10. The molecule has 0 aliphatic rings. The molecule has 0 spiro atoms. The van der Waals surface area contributed by atoms with Gasteiger partial charge in [0.05, 0.1) is 19.7 Å². The molecule has 0 aliphatic heterocycles. The van der Waals surface area contributed by atoms with Crippen LogP contribution in [0.25, 0.3) is 0 Å². The van der Waals surface area contributed by atoms with Crippen LogP contribution in [0.4, 0.5) is 6.01 Å². The number of aromatic nitrogens is 2. The second kappa shape index (κ2) is 6.91. The van der Waals surface area contributed by atoms with Gasteiger partial charge in [0.15, 0.2) is 0 Å². The fourth-order valence-electron chi connectivity index (χ4n) is 1.51. The number of hydrogen-bond acceptors (Lipinski definition) is 7. The summed E-state index contributed by atoms with van der Waals surface area (Å²) in [5.41, 5.74) is 0. The normalized spacial score (nSPS) is 10.8. The van der Waals surface area contributed by atoms with Crippen molar-refractivity contribution >= 4 is 6.01 Å². The number of ether oxygens (including phenoxy) is 1. The number of anilines is 1. The average molecular weight is 266 g/mol. The van der Waals surface area contributed by atoms with Gasteiger partial charge in [-0.1, -0.05) is 5.10 Å². The number of furan rings is 1. The molecule has 0 saturated heterocycles. The maximum Gasteiger partial charge on any atom is 0.315 e. The quantitative estimate of drug-likeness (QED) is 0.697. The molecule has 0 bridgehead atoms. The summed E-state index contributed by atoms with van der Waals surface area (Å²) in [6, 6.07) is 4.21. The number of nitrogens with zero attached hydrogens (tertiary/aromatic N) is 2. The van der Waals surface area contributed by atoms with Gasteiger partial charge >= 0.3 is 6.01 Å². The Kier molecular flexibility index (Phi) is 4.93. The Morgan fingerprint density at radius 2 is 2.11 bits per heavy atom. The van der Waals surface area contributed by atoms with E-state index in [1.54, 1.807) is 7.11 Å². The molecular formula is C12H18N4O3. The van der Waals surface area contributed by atoms with Crippen LogP contribution in [0.2, 0.25) is 0 Å². The molecule has 2 aromatic heterocycles. The van der Waals surface area contributed by atoms with E-state index >= 15 is 0 Å². The molecule has 0 atom stereocenters. The van der Waals surface area contributed by atoms with E-state index in [1.165, 1.54) is 0 Å². The maximum absolute atomic E-state index is 5.43. The predicted molar refractivity (Wildman–Crippen MR) is 68.7 cm³/mol. The molecule has 0 aromatic carbocycles. The van der Waals surface area contributed by atoms with E-state index < -0.39 is 0 Å². The summed E-state index contributed by atoms with van der Waals surface area (Å²) in [6.07, 6.45) is 0. The standard InChI is InChI=1S/C12H18N4O3/c1-9-3-4-10(18-9)7-14-12-16-15-11(19-12)8-13-5-6-17-2/h3-4,13H,5-8H2,1-2H3,(H,14,16). The predicted octanol–water partition coefficient (Wildman–Crippen LogP) is 1.32. The molecule has 2 rings (SSSR count). The zero-order valence-corrected chi connectivity index (χ0v) is 11.1. The van der Waals surface area contributed by atoms with Crippen LogP contribution in [0.1, 0.15) is 17.4 Å². The number of rotatable bonds is 8. The first-order chi connectivity index (χ1) is 9.28. The van der Waals surface area contributed by atoms with E-state index in [2.05, 4.69) is 20.8 Å². The summed E-state index contributed by atoms with van der Waals surface area (Å²) in [6.45, 7) is 4.34. The van der Waals surface area contributed by atoms with Crippen LogP contribution in [0, 0.1) is 6.92 Å². The van der Waals surface area contributed by atoms with Gasteiger partial charge in [0.25, 0.3) is 0 Å². The van der Waals surface area contributed by atoms with Crippen LogP contribution in [-0.4, -0.2) is 30.5 Å². The monoisotopic (exact) mass is 266 g/mol. The molecule has 7 heteroatoms. The summed E-state index contributed by atoms with van der Waals surface area (Å²) in [7, 11) is 1.66. The SMILES string of the molecule is COCCNCc1nnc(NCc2ccc(C)o2)o1. The molecule has 2 aromatic rings. The van der Waals surface area contributed by atoms with Crippen LogP contribution in [0.5, 0.6) is 0 Å². The number of methoxy groups -OCH3 is 1. The van der Waals surface area contributed by atoms with Gasteiger partial charge in [0.1, 0.15) is 11.5 Å². The Morgan fingerprint density at radius 3 is 2.84 bits per heavy atom. The molecular weight excluding hydrogens is 248 g/mol. The van der Waals surface area contributed by atoms with E-state index in [-0.39, 0.29) is 0 Å². The first-order valence-electron chi connectivity index (χ1n) is 6.09. The van der Waals surface area contributed by atoms with E-state index in [1.807, 2.05) is 19.1 Å². The smallest absolute Gasteiger partial charge is 0.315 e. The third-order valence-corrected chi connectivity index (χ3v) is 2.44. The van der Waals surface area contributed by atoms with Crippen molar-refractivity contribution in [1.82, 2.24) is 15.5 Å². The van der Waals surface area contributed by atoms with Crippen molar-refractivity contribution in [2.45, 2.75) is 20.0 Å². The Morgan fingerprint density at radius 1 is 1.21 bits per heavy atom. The maximum atomic E-state index is 5.43. The van der Waals surface area contributed by atoms with Crippen LogP contribution < -0.4 is 10.6 Å². The van der Waals surface area contributed by atoms with E-state index in [4.69, 9.17) is 13.6 Å². The summed E-state index contributed by atoms with van der Waals surface area (Å²) >= 11 is 0. The summed E-state index contributed by atoms with van der Waals surface area (Å²) in [4.78, 5) is 0. The van der Waals surface area contributed by atoms with E-state index in [0.717, 1.165) is 18.1 Å². The lowest BCUT2D eigenvalue weighted by molar-refractivity contribution is 0.198. The highest BCUT2D eigenvalue weighted by Gasteiger charge is 2.06. The van der Waals surface area contributed by atoms with Crippen molar-refractivity contribution in [2.75, 3.05) is 25.6 Å². The molecule has 19 heavy (non-hydrogen) atoms. The number of aryl methyl sites for hydroxylation is 1. The topological polar surface area (TPSA) is 85.4 Å². The van der Waals surface area contributed by atoms with Gasteiger partial charge in [-0.25, -0.2) is 0 Å². The molecule has 2 N–H and O–H groups in total. The lowest BCUT2D eigenvalue weighted by atomic mass is 10.4.